The average molecular weight is 460 g/mol. The number of carbonyl (C=O) groups excluding carboxylic acids is 2. The molecule has 0 spiro atoms. The quantitative estimate of drug-likeness (QED) is 0.644. The molecule has 7 heteroatoms. The van der Waals surface area contributed by atoms with Crippen LogP contribution in [0.5, 0.6) is 11.5 Å². The van der Waals surface area contributed by atoms with Crippen LogP contribution in [-0.2, 0) is 16.0 Å². The van der Waals surface area contributed by atoms with E-state index in [1.807, 2.05) is 41.3 Å². The molecule has 2 fully saturated rings. The number of H-pyrrole nitrogens is 1. The summed E-state index contributed by atoms with van der Waals surface area (Å²) in [5, 5.41) is 1.10. The molecule has 1 aliphatic carbocycles. The van der Waals surface area contributed by atoms with E-state index in [2.05, 4.69) is 11.1 Å². The molecule has 34 heavy (non-hydrogen) atoms. The fraction of sp³-hybridized carbons (Fsp3) is 0.407. The Balaban J connectivity index is 1.55. The highest BCUT2D eigenvalue weighted by atomic mass is 16.5. The third-order valence-corrected chi connectivity index (χ3v) is 7.79. The van der Waals surface area contributed by atoms with Gasteiger partial charge in [0.15, 0.2) is 11.5 Å². The van der Waals surface area contributed by atoms with Crippen LogP contribution in [0.1, 0.15) is 48.5 Å². The summed E-state index contributed by atoms with van der Waals surface area (Å²) in [5.41, 5.74) is 3.86. The van der Waals surface area contributed by atoms with Crippen molar-refractivity contribution in [3.05, 3.63) is 59.3 Å². The van der Waals surface area contributed by atoms with Crippen molar-refractivity contribution in [3.8, 4) is 11.5 Å². The van der Waals surface area contributed by atoms with Crippen LogP contribution in [0.3, 0.4) is 0 Å². The Morgan fingerprint density at radius 3 is 2.53 bits per heavy atom. The van der Waals surface area contributed by atoms with Gasteiger partial charge in [0.05, 0.1) is 14.2 Å². The zero-order valence-corrected chi connectivity index (χ0v) is 19.5. The van der Waals surface area contributed by atoms with Gasteiger partial charge >= 0.3 is 0 Å². The lowest BCUT2D eigenvalue weighted by molar-refractivity contribution is -0.160. The van der Waals surface area contributed by atoms with Gasteiger partial charge in [-0.1, -0.05) is 43.2 Å². The van der Waals surface area contributed by atoms with Gasteiger partial charge in [-0.2, -0.15) is 0 Å². The van der Waals surface area contributed by atoms with Crippen molar-refractivity contribution in [2.45, 2.75) is 50.2 Å². The van der Waals surface area contributed by atoms with Crippen molar-refractivity contribution in [2.75, 3.05) is 20.8 Å². The summed E-state index contributed by atoms with van der Waals surface area (Å²) in [5.74, 6) is 1.23. The summed E-state index contributed by atoms with van der Waals surface area (Å²) in [6.45, 7) is 0.137. The molecule has 7 nitrogen and oxygen atoms in total. The third kappa shape index (κ3) is 3.02. The number of rotatable bonds is 4. The second kappa shape index (κ2) is 8.08. The van der Waals surface area contributed by atoms with Gasteiger partial charge in [0.1, 0.15) is 18.6 Å². The summed E-state index contributed by atoms with van der Waals surface area (Å²) in [6, 6.07) is 13.0. The third-order valence-electron chi connectivity index (χ3n) is 7.79. The van der Waals surface area contributed by atoms with Gasteiger partial charge in [0.2, 0.25) is 11.8 Å². The Labute approximate surface area is 198 Å². The van der Waals surface area contributed by atoms with Crippen LogP contribution >= 0.6 is 0 Å². The topological polar surface area (TPSA) is 74.9 Å². The number of nitrogens with one attached hydrogen (secondary N) is 1. The van der Waals surface area contributed by atoms with Gasteiger partial charge in [-0.3, -0.25) is 9.59 Å². The summed E-state index contributed by atoms with van der Waals surface area (Å²) < 4.78 is 11.4. The minimum atomic E-state index is -0.533. The molecule has 2 aliphatic heterocycles. The minimum Gasteiger partial charge on any atom is -0.493 e. The number of methoxy groups -OCH3 is 2. The first-order valence-electron chi connectivity index (χ1n) is 12.0. The highest BCUT2D eigenvalue weighted by Crippen LogP contribution is 2.47. The minimum absolute atomic E-state index is 0.0179. The number of hydrogen-bond donors (Lipinski definition) is 1. The molecule has 3 aromatic rings. The van der Waals surface area contributed by atoms with E-state index >= 15 is 0 Å². The largest absolute Gasteiger partial charge is 0.493 e. The molecule has 1 saturated carbocycles. The van der Waals surface area contributed by atoms with Crippen molar-refractivity contribution >= 4 is 22.7 Å². The van der Waals surface area contributed by atoms with Crippen molar-refractivity contribution in [2.24, 2.45) is 0 Å². The molecule has 2 amide bonds. The van der Waals surface area contributed by atoms with Crippen LogP contribution in [0.2, 0.25) is 0 Å². The number of aromatic nitrogens is 1. The molecule has 1 N–H and O–H groups in total. The van der Waals surface area contributed by atoms with Gasteiger partial charge in [-0.15, -0.1) is 0 Å². The van der Waals surface area contributed by atoms with Crippen LogP contribution in [0.25, 0.3) is 10.9 Å². The molecule has 1 saturated heterocycles. The molecule has 1 aromatic heterocycles. The standard InChI is InChI=1S/C27H29N3O4/c1-33-22-13-7-11-18(26(22)34-2)25-24-19(17-10-5-6-12-20(17)28-24)14-21-27(32)29(15-23(31)30(21)25)16-8-3-4-9-16/h5-7,10-13,16,21,25,28H,3-4,8-9,14-15H2,1-2H3/t21-,25?/m0/s1. The normalized spacial score (nSPS) is 22.8. The number of ether oxygens (including phenoxy) is 2. The number of piperazine rings is 1. The lowest BCUT2D eigenvalue weighted by Crippen LogP contribution is -2.64. The van der Waals surface area contributed by atoms with Crippen LogP contribution in [0.15, 0.2) is 42.5 Å². The zero-order valence-electron chi connectivity index (χ0n) is 19.5. The van der Waals surface area contributed by atoms with E-state index in [9.17, 15) is 9.59 Å². The van der Waals surface area contributed by atoms with Gasteiger partial charge in [-0.25, -0.2) is 0 Å². The first-order valence-corrected chi connectivity index (χ1v) is 12.0. The predicted octanol–water partition coefficient (Wildman–Crippen LogP) is 3.81. The van der Waals surface area contributed by atoms with Crippen LogP contribution in [0, 0.1) is 0 Å². The fourth-order valence-electron chi connectivity index (χ4n) is 6.26. The summed E-state index contributed by atoms with van der Waals surface area (Å²) in [4.78, 5) is 34.9. The van der Waals surface area contributed by atoms with E-state index in [0.29, 0.717) is 17.9 Å². The smallest absolute Gasteiger partial charge is 0.246 e. The van der Waals surface area contributed by atoms with E-state index in [4.69, 9.17) is 9.47 Å². The number of carbonyl (C=O) groups is 2. The van der Waals surface area contributed by atoms with Crippen molar-refractivity contribution in [3.63, 3.8) is 0 Å². The van der Waals surface area contributed by atoms with Crippen LogP contribution in [0.4, 0.5) is 0 Å². The zero-order chi connectivity index (χ0) is 23.4. The first-order chi connectivity index (χ1) is 16.6. The van der Waals surface area contributed by atoms with E-state index in [-0.39, 0.29) is 24.4 Å². The maximum Gasteiger partial charge on any atom is 0.246 e. The maximum atomic E-state index is 13.9. The average Bonchev–Trinajstić information content (AvgIpc) is 3.52. The molecule has 0 radical (unpaired) electrons. The number of aromatic amines is 1. The van der Waals surface area contributed by atoms with Gasteiger partial charge in [0.25, 0.3) is 0 Å². The number of hydrogen-bond acceptors (Lipinski definition) is 4. The second-order valence-corrected chi connectivity index (χ2v) is 9.47. The van der Waals surface area contributed by atoms with E-state index < -0.39 is 12.1 Å². The Hall–Kier alpha value is -3.48. The molecule has 0 bridgehead atoms. The van der Waals surface area contributed by atoms with E-state index in [0.717, 1.165) is 53.4 Å². The Morgan fingerprint density at radius 2 is 1.76 bits per heavy atom. The number of para-hydroxylation sites is 2. The number of fused-ring (bicyclic) bond motifs is 4. The Bertz CT molecular complexity index is 1280. The second-order valence-electron chi connectivity index (χ2n) is 9.47. The van der Waals surface area contributed by atoms with Gasteiger partial charge in [0, 0.05) is 34.6 Å². The molecule has 3 aliphatic rings. The highest BCUT2D eigenvalue weighted by Gasteiger charge is 2.50. The molecule has 2 aromatic carbocycles. The van der Waals surface area contributed by atoms with Crippen molar-refractivity contribution in [1.29, 1.82) is 0 Å². The Kier molecular flexibility index (Phi) is 5.01. The highest BCUT2D eigenvalue weighted by molar-refractivity contribution is 5.98. The molecule has 1 unspecified atom stereocenters. The molecular weight excluding hydrogens is 430 g/mol. The summed E-state index contributed by atoms with van der Waals surface area (Å²) in [6.07, 6.45) is 4.71. The Morgan fingerprint density at radius 1 is 0.971 bits per heavy atom. The molecule has 2 atom stereocenters. The lowest BCUT2D eigenvalue weighted by Gasteiger charge is -2.48. The SMILES string of the molecule is COc1cccc(C2c3[nH]c4ccccc4c3C[C@H]3C(=O)N(C4CCCC4)CC(=O)N23)c1OC. The van der Waals surface area contributed by atoms with E-state index in [1.165, 1.54) is 0 Å². The summed E-state index contributed by atoms with van der Waals surface area (Å²) in [7, 11) is 3.22. The maximum absolute atomic E-state index is 13.9. The number of nitrogens with zero attached hydrogens (tertiary/aromatic N) is 2. The molecule has 6 rings (SSSR count). The summed E-state index contributed by atoms with van der Waals surface area (Å²) >= 11 is 0. The number of benzene rings is 2. The molecular formula is C27H29N3O4. The van der Waals surface area contributed by atoms with Gasteiger partial charge < -0.3 is 24.3 Å². The molecule has 3 heterocycles. The van der Waals surface area contributed by atoms with Crippen molar-refractivity contribution < 1.29 is 19.1 Å². The molecule has 176 valence electrons. The monoisotopic (exact) mass is 459 g/mol. The van der Waals surface area contributed by atoms with Crippen LogP contribution in [-0.4, -0.2) is 59.4 Å². The predicted molar refractivity (Wildman–Crippen MR) is 128 cm³/mol. The first kappa shape index (κ1) is 21.1. The van der Waals surface area contributed by atoms with E-state index in [1.54, 1.807) is 19.1 Å². The lowest BCUT2D eigenvalue weighted by atomic mass is 9.85. The number of amides is 2. The van der Waals surface area contributed by atoms with Gasteiger partial charge in [-0.05, 0) is 30.5 Å². The van der Waals surface area contributed by atoms with Crippen molar-refractivity contribution in [1.82, 2.24) is 14.8 Å². The van der Waals surface area contributed by atoms with Crippen LogP contribution < -0.4 is 9.47 Å². The fourth-order valence-corrected chi connectivity index (χ4v) is 6.26.